The number of ether oxygens (including phenoxy) is 3. The highest BCUT2D eigenvalue weighted by Gasteiger charge is 2.24. The molecule has 0 spiro atoms. The SMILES string of the molecule is COc1ccc(C2C=C(c3ccc(OC)c(OC)c3)Nc3nnnn32)cc1. The summed E-state index contributed by atoms with van der Waals surface area (Å²) >= 11 is 0. The Labute approximate surface area is 156 Å². The van der Waals surface area contributed by atoms with Crippen LogP contribution in [0.25, 0.3) is 5.70 Å². The van der Waals surface area contributed by atoms with Crippen LogP contribution in [0.4, 0.5) is 5.95 Å². The van der Waals surface area contributed by atoms with E-state index in [9.17, 15) is 0 Å². The van der Waals surface area contributed by atoms with Gasteiger partial charge in [-0.2, -0.15) is 4.68 Å². The number of nitrogens with zero attached hydrogens (tertiary/aromatic N) is 4. The van der Waals surface area contributed by atoms with Crippen molar-refractivity contribution >= 4 is 11.6 Å². The first-order valence-corrected chi connectivity index (χ1v) is 8.36. The molecule has 8 nitrogen and oxygen atoms in total. The molecule has 1 unspecified atom stereocenters. The smallest absolute Gasteiger partial charge is 0.248 e. The Balaban J connectivity index is 1.76. The summed E-state index contributed by atoms with van der Waals surface area (Å²) in [6, 6.07) is 13.5. The lowest BCUT2D eigenvalue weighted by molar-refractivity contribution is 0.355. The number of tetrazole rings is 1. The van der Waals surface area contributed by atoms with E-state index in [2.05, 4.69) is 26.9 Å². The Kier molecular flexibility index (Phi) is 4.37. The first-order chi connectivity index (χ1) is 13.2. The van der Waals surface area contributed by atoms with Crippen LogP contribution in [0.3, 0.4) is 0 Å². The largest absolute Gasteiger partial charge is 0.497 e. The summed E-state index contributed by atoms with van der Waals surface area (Å²) in [5, 5.41) is 15.3. The average Bonchev–Trinajstić information content (AvgIpc) is 3.21. The Morgan fingerprint density at radius 1 is 0.926 bits per heavy atom. The number of fused-ring (bicyclic) bond motifs is 1. The van der Waals surface area contributed by atoms with E-state index in [0.29, 0.717) is 17.4 Å². The van der Waals surface area contributed by atoms with E-state index in [1.807, 2.05) is 42.5 Å². The lowest BCUT2D eigenvalue weighted by atomic mass is 10.0. The zero-order valence-electron chi connectivity index (χ0n) is 15.2. The van der Waals surface area contributed by atoms with Gasteiger partial charge >= 0.3 is 0 Å². The third kappa shape index (κ3) is 3.05. The molecule has 3 aromatic rings. The van der Waals surface area contributed by atoms with Crippen LogP contribution < -0.4 is 19.5 Å². The first-order valence-electron chi connectivity index (χ1n) is 8.36. The van der Waals surface area contributed by atoms with E-state index < -0.39 is 0 Å². The van der Waals surface area contributed by atoms with Crippen molar-refractivity contribution in [3.8, 4) is 17.2 Å². The third-order valence-corrected chi connectivity index (χ3v) is 4.48. The van der Waals surface area contributed by atoms with Crippen molar-refractivity contribution in [1.29, 1.82) is 0 Å². The molecule has 0 fully saturated rings. The van der Waals surface area contributed by atoms with Crippen LogP contribution in [0, 0.1) is 0 Å². The monoisotopic (exact) mass is 365 g/mol. The molecular formula is C19H19N5O3. The van der Waals surface area contributed by atoms with E-state index in [1.54, 1.807) is 26.0 Å². The van der Waals surface area contributed by atoms with Gasteiger partial charge in [-0.25, -0.2) is 0 Å². The fourth-order valence-electron chi connectivity index (χ4n) is 3.06. The van der Waals surface area contributed by atoms with E-state index in [-0.39, 0.29) is 6.04 Å². The highest BCUT2D eigenvalue weighted by Crippen LogP contribution is 2.35. The standard InChI is InChI=1S/C19H19N5O3/c1-25-14-7-4-12(5-8-14)16-11-15(20-19-21-22-23-24(16)19)13-6-9-17(26-2)18(10-13)27-3/h4-11,16H,1-3H3,(H,20,21,23). The normalized spacial score (nSPS) is 15.4. The molecule has 27 heavy (non-hydrogen) atoms. The minimum absolute atomic E-state index is 0.148. The van der Waals surface area contributed by atoms with Gasteiger partial charge in [-0.1, -0.05) is 17.2 Å². The summed E-state index contributed by atoms with van der Waals surface area (Å²) < 4.78 is 17.7. The summed E-state index contributed by atoms with van der Waals surface area (Å²) in [5.41, 5.74) is 2.88. The quantitative estimate of drug-likeness (QED) is 0.744. The van der Waals surface area contributed by atoms with Crippen molar-refractivity contribution in [2.24, 2.45) is 0 Å². The summed E-state index contributed by atoms with van der Waals surface area (Å²) in [6.07, 6.45) is 2.08. The zero-order chi connectivity index (χ0) is 18.8. The van der Waals surface area contributed by atoms with Gasteiger partial charge in [-0.15, -0.1) is 0 Å². The maximum absolute atomic E-state index is 5.42. The number of rotatable bonds is 5. The lowest BCUT2D eigenvalue weighted by Crippen LogP contribution is -2.20. The molecular weight excluding hydrogens is 346 g/mol. The van der Waals surface area contributed by atoms with E-state index in [1.165, 1.54) is 0 Å². The van der Waals surface area contributed by atoms with Crippen molar-refractivity contribution in [2.75, 3.05) is 26.6 Å². The molecule has 0 aliphatic carbocycles. The van der Waals surface area contributed by atoms with Gasteiger partial charge in [0.15, 0.2) is 11.5 Å². The Hall–Kier alpha value is -3.55. The van der Waals surface area contributed by atoms with Gasteiger partial charge in [0.05, 0.1) is 21.3 Å². The summed E-state index contributed by atoms with van der Waals surface area (Å²) in [5.74, 6) is 2.70. The summed E-state index contributed by atoms with van der Waals surface area (Å²) in [7, 11) is 4.88. The number of hydrogen-bond acceptors (Lipinski definition) is 7. The van der Waals surface area contributed by atoms with Crippen LogP contribution in [0.5, 0.6) is 17.2 Å². The first kappa shape index (κ1) is 16.9. The van der Waals surface area contributed by atoms with Gasteiger partial charge in [-0.05, 0) is 52.4 Å². The number of allylic oxidation sites excluding steroid dienone is 1. The molecule has 1 aromatic heterocycles. The topological polar surface area (TPSA) is 83.3 Å². The van der Waals surface area contributed by atoms with Crippen LogP contribution in [0.1, 0.15) is 17.2 Å². The Morgan fingerprint density at radius 2 is 1.70 bits per heavy atom. The van der Waals surface area contributed by atoms with Crippen LogP contribution >= 0.6 is 0 Å². The molecule has 0 bridgehead atoms. The van der Waals surface area contributed by atoms with Gasteiger partial charge < -0.3 is 19.5 Å². The molecule has 2 aromatic carbocycles. The van der Waals surface area contributed by atoms with Crippen LogP contribution in [-0.4, -0.2) is 41.5 Å². The maximum atomic E-state index is 5.42. The molecule has 1 atom stereocenters. The fourth-order valence-corrected chi connectivity index (χ4v) is 3.06. The molecule has 4 rings (SSSR count). The average molecular weight is 365 g/mol. The molecule has 1 aliphatic rings. The highest BCUT2D eigenvalue weighted by atomic mass is 16.5. The maximum Gasteiger partial charge on any atom is 0.248 e. The fraction of sp³-hybridized carbons (Fsp3) is 0.211. The minimum Gasteiger partial charge on any atom is -0.497 e. The molecule has 0 saturated carbocycles. The van der Waals surface area contributed by atoms with Gasteiger partial charge in [0.2, 0.25) is 5.95 Å². The second kappa shape index (κ2) is 6.99. The predicted molar refractivity (Wildman–Crippen MR) is 100 cm³/mol. The van der Waals surface area contributed by atoms with E-state index >= 15 is 0 Å². The van der Waals surface area contributed by atoms with Crippen LogP contribution in [0.2, 0.25) is 0 Å². The van der Waals surface area contributed by atoms with Crippen molar-refractivity contribution in [3.63, 3.8) is 0 Å². The third-order valence-electron chi connectivity index (χ3n) is 4.48. The molecule has 1 N–H and O–H groups in total. The van der Waals surface area contributed by atoms with E-state index in [4.69, 9.17) is 14.2 Å². The molecule has 138 valence electrons. The molecule has 1 aliphatic heterocycles. The Bertz CT molecular complexity index is 981. The number of anilines is 1. The number of benzene rings is 2. The second-order valence-electron chi connectivity index (χ2n) is 5.94. The summed E-state index contributed by atoms with van der Waals surface area (Å²) in [6.45, 7) is 0. The Morgan fingerprint density at radius 3 is 2.41 bits per heavy atom. The van der Waals surface area contributed by atoms with Gasteiger partial charge in [-0.3, -0.25) is 0 Å². The highest BCUT2D eigenvalue weighted by molar-refractivity contribution is 5.78. The van der Waals surface area contributed by atoms with Crippen LogP contribution in [0.15, 0.2) is 48.5 Å². The number of nitrogens with one attached hydrogen (secondary N) is 1. The molecule has 2 heterocycles. The predicted octanol–water partition coefficient (Wildman–Crippen LogP) is 2.75. The van der Waals surface area contributed by atoms with Gasteiger partial charge in [0, 0.05) is 11.3 Å². The van der Waals surface area contributed by atoms with Crippen LogP contribution in [-0.2, 0) is 0 Å². The van der Waals surface area contributed by atoms with Crippen molar-refractivity contribution < 1.29 is 14.2 Å². The molecule has 0 amide bonds. The van der Waals surface area contributed by atoms with Gasteiger partial charge in [0.25, 0.3) is 0 Å². The number of methoxy groups -OCH3 is 3. The zero-order valence-corrected chi connectivity index (χ0v) is 15.2. The minimum atomic E-state index is -0.148. The second-order valence-corrected chi connectivity index (χ2v) is 5.94. The van der Waals surface area contributed by atoms with Crippen molar-refractivity contribution in [1.82, 2.24) is 20.2 Å². The number of hydrogen-bond donors (Lipinski definition) is 1. The van der Waals surface area contributed by atoms with E-state index in [0.717, 1.165) is 22.6 Å². The lowest BCUT2D eigenvalue weighted by Gasteiger charge is -2.24. The molecule has 0 radical (unpaired) electrons. The van der Waals surface area contributed by atoms with Crippen molar-refractivity contribution in [3.05, 3.63) is 59.7 Å². The number of aromatic nitrogens is 4. The van der Waals surface area contributed by atoms with Crippen molar-refractivity contribution in [2.45, 2.75) is 6.04 Å². The van der Waals surface area contributed by atoms with Gasteiger partial charge in [0.1, 0.15) is 11.8 Å². The summed E-state index contributed by atoms with van der Waals surface area (Å²) in [4.78, 5) is 0. The molecule has 0 saturated heterocycles. The molecule has 8 heteroatoms.